The van der Waals surface area contributed by atoms with Gasteiger partial charge < -0.3 is 14.6 Å². The lowest BCUT2D eigenvalue weighted by molar-refractivity contribution is 0.0696. The van der Waals surface area contributed by atoms with Crippen LogP contribution >= 0.6 is 0 Å². The third kappa shape index (κ3) is 4.51. The molecule has 0 radical (unpaired) electrons. The fourth-order valence-corrected chi connectivity index (χ4v) is 2.12. The van der Waals surface area contributed by atoms with E-state index in [1.165, 1.54) is 12.8 Å². The average molecular weight is 279 g/mol. The number of hydrogen-bond donors (Lipinski definition) is 1. The van der Waals surface area contributed by atoms with Gasteiger partial charge in [-0.2, -0.15) is 0 Å². The molecule has 0 spiro atoms. The van der Waals surface area contributed by atoms with Gasteiger partial charge in [0.2, 0.25) is 0 Å². The lowest BCUT2D eigenvalue weighted by atomic mass is 10.2. The zero-order chi connectivity index (χ0) is 14.4. The molecule has 1 fully saturated rings. The Labute approximate surface area is 119 Å². The molecule has 1 aliphatic carbocycles. The summed E-state index contributed by atoms with van der Waals surface area (Å²) < 4.78 is 10.7. The number of carboxylic acid groups (broad SMARTS) is 1. The molecule has 5 nitrogen and oxygen atoms in total. The summed E-state index contributed by atoms with van der Waals surface area (Å²) in [7, 11) is 1.71. The van der Waals surface area contributed by atoms with Crippen LogP contribution < -0.4 is 4.74 Å². The van der Waals surface area contributed by atoms with Crippen molar-refractivity contribution in [3.05, 3.63) is 29.8 Å². The first kappa shape index (κ1) is 14.8. The van der Waals surface area contributed by atoms with Gasteiger partial charge in [0, 0.05) is 26.2 Å². The second-order valence-electron chi connectivity index (χ2n) is 4.94. The molecule has 1 aromatic carbocycles. The monoisotopic (exact) mass is 279 g/mol. The molecule has 0 heterocycles. The van der Waals surface area contributed by atoms with Crippen molar-refractivity contribution in [2.24, 2.45) is 0 Å². The van der Waals surface area contributed by atoms with Crippen LogP contribution in [0.2, 0.25) is 0 Å². The predicted molar refractivity (Wildman–Crippen MR) is 75.4 cm³/mol. The lowest BCUT2D eigenvalue weighted by Crippen LogP contribution is -2.33. The number of aromatic carboxylic acids is 1. The first-order valence-corrected chi connectivity index (χ1v) is 6.90. The molecule has 0 aromatic heterocycles. The van der Waals surface area contributed by atoms with Gasteiger partial charge in [-0.3, -0.25) is 4.90 Å². The van der Waals surface area contributed by atoms with Gasteiger partial charge in [-0.25, -0.2) is 4.79 Å². The van der Waals surface area contributed by atoms with Crippen molar-refractivity contribution >= 4 is 5.97 Å². The van der Waals surface area contributed by atoms with E-state index in [0.29, 0.717) is 18.4 Å². The Balaban J connectivity index is 1.79. The number of carbonyl (C=O) groups is 1. The molecule has 1 aliphatic rings. The number of nitrogens with zero attached hydrogens (tertiary/aromatic N) is 1. The molecule has 1 N–H and O–H groups in total. The highest BCUT2D eigenvalue weighted by Crippen LogP contribution is 2.26. The summed E-state index contributed by atoms with van der Waals surface area (Å²) in [5, 5.41) is 8.92. The van der Waals surface area contributed by atoms with Crippen molar-refractivity contribution in [1.29, 1.82) is 0 Å². The summed E-state index contributed by atoms with van der Waals surface area (Å²) in [4.78, 5) is 13.2. The molecule has 2 rings (SSSR count). The second kappa shape index (κ2) is 7.26. The summed E-state index contributed by atoms with van der Waals surface area (Å²) in [6.07, 6.45) is 2.50. The van der Waals surface area contributed by atoms with E-state index < -0.39 is 5.97 Å². The van der Waals surface area contributed by atoms with Crippen molar-refractivity contribution in [3.63, 3.8) is 0 Å². The largest absolute Gasteiger partial charge is 0.492 e. The number of carboxylic acids is 1. The Bertz CT molecular complexity index is 445. The molecule has 0 bridgehead atoms. The maximum absolute atomic E-state index is 10.9. The molecular formula is C15H21NO4. The zero-order valence-corrected chi connectivity index (χ0v) is 11.7. The van der Waals surface area contributed by atoms with Gasteiger partial charge in [0.25, 0.3) is 0 Å². The minimum Gasteiger partial charge on any atom is -0.492 e. The Hall–Kier alpha value is -1.59. The minimum absolute atomic E-state index is 0.251. The van der Waals surface area contributed by atoms with E-state index >= 15 is 0 Å². The van der Waals surface area contributed by atoms with Crippen LogP contribution in [0.3, 0.4) is 0 Å². The highest BCUT2D eigenvalue weighted by atomic mass is 16.5. The topological polar surface area (TPSA) is 59.0 Å². The molecular weight excluding hydrogens is 258 g/mol. The van der Waals surface area contributed by atoms with Gasteiger partial charge in [0.15, 0.2) is 0 Å². The number of benzene rings is 1. The van der Waals surface area contributed by atoms with E-state index in [-0.39, 0.29) is 5.56 Å². The van der Waals surface area contributed by atoms with Crippen LogP contribution in [0.25, 0.3) is 0 Å². The normalized spacial score (nSPS) is 14.5. The van der Waals surface area contributed by atoms with Crippen LogP contribution in [-0.4, -0.2) is 55.4 Å². The van der Waals surface area contributed by atoms with Crippen LogP contribution in [0.4, 0.5) is 0 Å². The maximum Gasteiger partial charge on any atom is 0.335 e. The van der Waals surface area contributed by atoms with E-state index in [4.69, 9.17) is 14.6 Å². The van der Waals surface area contributed by atoms with Gasteiger partial charge in [-0.15, -0.1) is 0 Å². The van der Waals surface area contributed by atoms with Crippen molar-refractivity contribution < 1.29 is 19.4 Å². The van der Waals surface area contributed by atoms with E-state index in [9.17, 15) is 4.79 Å². The molecule has 110 valence electrons. The van der Waals surface area contributed by atoms with Gasteiger partial charge in [0.1, 0.15) is 12.4 Å². The third-order valence-electron chi connectivity index (χ3n) is 3.37. The summed E-state index contributed by atoms with van der Waals surface area (Å²) in [6, 6.07) is 7.26. The Morgan fingerprint density at radius 1 is 1.35 bits per heavy atom. The third-order valence-corrected chi connectivity index (χ3v) is 3.37. The van der Waals surface area contributed by atoms with Gasteiger partial charge in [-0.05, 0) is 31.0 Å². The van der Waals surface area contributed by atoms with E-state index in [1.807, 2.05) is 0 Å². The van der Waals surface area contributed by atoms with Crippen molar-refractivity contribution in [2.45, 2.75) is 18.9 Å². The van der Waals surface area contributed by atoms with Gasteiger partial charge >= 0.3 is 5.97 Å². The molecule has 1 saturated carbocycles. The minimum atomic E-state index is -0.935. The molecule has 5 heteroatoms. The SMILES string of the molecule is COCCN(CCOc1cccc(C(=O)O)c1)C1CC1. The molecule has 0 saturated heterocycles. The van der Waals surface area contributed by atoms with Crippen molar-refractivity contribution in [3.8, 4) is 5.75 Å². The van der Waals surface area contributed by atoms with Crippen LogP contribution in [0.15, 0.2) is 24.3 Å². The number of hydrogen-bond acceptors (Lipinski definition) is 4. The summed E-state index contributed by atoms with van der Waals surface area (Å²) in [6.45, 7) is 3.04. The fraction of sp³-hybridized carbons (Fsp3) is 0.533. The smallest absolute Gasteiger partial charge is 0.335 e. The number of ether oxygens (including phenoxy) is 2. The summed E-state index contributed by atoms with van der Waals surface area (Å²) >= 11 is 0. The predicted octanol–water partition coefficient (Wildman–Crippen LogP) is 1.87. The molecule has 20 heavy (non-hydrogen) atoms. The first-order chi connectivity index (χ1) is 9.70. The Morgan fingerprint density at radius 2 is 2.10 bits per heavy atom. The molecule has 0 atom stereocenters. The highest BCUT2D eigenvalue weighted by molar-refractivity contribution is 5.87. The first-order valence-electron chi connectivity index (χ1n) is 6.90. The zero-order valence-electron chi connectivity index (χ0n) is 11.7. The van der Waals surface area contributed by atoms with Gasteiger partial charge in [-0.1, -0.05) is 6.07 Å². The van der Waals surface area contributed by atoms with Crippen LogP contribution in [0.1, 0.15) is 23.2 Å². The molecule has 1 aromatic rings. The van der Waals surface area contributed by atoms with E-state index in [0.717, 1.165) is 19.7 Å². The van der Waals surface area contributed by atoms with Crippen LogP contribution in [0, 0.1) is 0 Å². The number of rotatable bonds is 9. The summed E-state index contributed by atoms with van der Waals surface area (Å²) in [5.74, 6) is -0.331. The highest BCUT2D eigenvalue weighted by Gasteiger charge is 2.28. The maximum atomic E-state index is 10.9. The molecule has 0 amide bonds. The molecule has 0 unspecified atom stereocenters. The van der Waals surface area contributed by atoms with E-state index in [2.05, 4.69) is 4.90 Å². The molecule has 0 aliphatic heterocycles. The van der Waals surface area contributed by atoms with Crippen molar-refractivity contribution in [2.75, 3.05) is 33.4 Å². The van der Waals surface area contributed by atoms with Gasteiger partial charge in [0.05, 0.1) is 12.2 Å². The fourth-order valence-electron chi connectivity index (χ4n) is 2.12. The summed E-state index contributed by atoms with van der Waals surface area (Å²) in [5.41, 5.74) is 0.251. The van der Waals surface area contributed by atoms with Crippen LogP contribution in [0.5, 0.6) is 5.75 Å². The second-order valence-corrected chi connectivity index (χ2v) is 4.94. The van der Waals surface area contributed by atoms with E-state index in [1.54, 1.807) is 31.4 Å². The average Bonchev–Trinajstić information content (AvgIpc) is 3.27. The standard InChI is InChI=1S/C15H21NO4/c1-19-9-7-16(13-5-6-13)8-10-20-14-4-2-3-12(11-14)15(17)18/h2-4,11,13H,5-10H2,1H3,(H,17,18). The Kier molecular flexibility index (Phi) is 5.38. The van der Waals surface area contributed by atoms with Crippen molar-refractivity contribution in [1.82, 2.24) is 4.90 Å². The Morgan fingerprint density at radius 3 is 2.75 bits per heavy atom. The lowest BCUT2D eigenvalue weighted by Gasteiger charge is -2.21. The number of methoxy groups -OCH3 is 1. The van der Waals surface area contributed by atoms with Crippen LogP contribution in [-0.2, 0) is 4.74 Å². The quantitative estimate of drug-likeness (QED) is 0.748.